The van der Waals surface area contributed by atoms with E-state index in [4.69, 9.17) is 10.5 Å². The summed E-state index contributed by atoms with van der Waals surface area (Å²) in [4.78, 5) is 0. The van der Waals surface area contributed by atoms with E-state index in [0.717, 1.165) is 5.57 Å². The predicted octanol–water partition coefficient (Wildman–Crippen LogP) is 2.46. The molecule has 0 N–H and O–H groups in total. The highest BCUT2D eigenvalue weighted by molar-refractivity contribution is 5.72. The van der Waals surface area contributed by atoms with Crippen molar-refractivity contribution >= 4 is 5.57 Å². The number of hydrogen-bond donors (Lipinski definition) is 0. The van der Waals surface area contributed by atoms with Crippen molar-refractivity contribution in [2.75, 3.05) is 0 Å². The Labute approximate surface area is 77.4 Å². The van der Waals surface area contributed by atoms with Crippen molar-refractivity contribution in [3.8, 4) is 12.1 Å². The molecule has 0 aliphatic heterocycles. The fraction of sp³-hybridized carbons (Fsp3) is 0.0909. The van der Waals surface area contributed by atoms with E-state index in [9.17, 15) is 0 Å². The standard InChI is InChI=1S/C11H8N2/c1-8(2)11-9(6-12)4-3-5-10(11)7-13/h3-5H,1H2,2H3. The molecule has 2 nitrogen and oxygen atoms in total. The van der Waals surface area contributed by atoms with Crippen LogP contribution in [0.3, 0.4) is 0 Å². The number of rotatable bonds is 1. The summed E-state index contributed by atoms with van der Waals surface area (Å²) in [5, 5.41) is 17.6. The van der Waals surface area contributed by atoms with Gasteiger partial charge in [0.25, 0.3) is 0 Å². The third kappa shape index (κ3) is 1.58. The topological polar surface area (TPSA) is 47.6 Å². The molecule has 0 unspecified atom stereocenters. The van der Waals surface area contributed by atoms with Crippen molar-refractivity contribution in [2.45, 2.75) is 6.92 Å². The minimum Gasteiger partial charge on any atom is -0.192 e. The third-order valence-corrected chi connectivity index (χ3v) is 1.73. The van der Waals surface area contributed by atoms with Crippen LogP contribution in [-0.4, -0.2) is 0 Å². The Bertz CT molecular complexity index is 398. The largest absolute Gasteiger partial charge is 0.192 e. The maximum atomic E-state index is 8.79. The highest BCUT2D eigenvalue weighted by Crippen LogP contribution is 2.20. The van der Waals surface area contributed by atoms with E-state index in [-0.39, 0.29) is 0 Å². The molecular formula is C11H8N2. The Hall–Kier alpha value is -2.06. The van der Waals surface area contributed by atoms with Gasteiger partial charge in [0.15, 0.2) is 0 Å². The van der Waals surface area contributed by atoms with Crippen molar-refractivity contribution < 1.29 is 0 Å². The fourth-order valence-corrected chi connectivity index (χ4v) is 1.20. The molecule has 0 amide bonds. The fourth-order valence-electron chi connectivity index (χ4n) is 1.20. The van der Waals surface area contributed by atoms with Gasteiger partial charge in [-0.2, -0.15) is 10.5 Å². The molecule has 0 spiro atoms. The lowest BCUT2D eigenvalue weighted by Gasteiger charge is -2.03. The molecular weight excluding hydrogens is 160 g/mol. The minimum absolute atomic E-state index is 0.506. The van der Waals surface area contributed by atoms with E-state index < -0.39 is 0 Å². The summed E-state index contributed by atoms with van der Waals surface area (Å²) >= 11 is 0. The molecule has 62 valence electrons. The second kappa shape index (κ2) is 3.56. The monoisotopic (exact) mass is 168 g/mol. The first-order chi connectivity index (χ1) is 6.20. The average Bonchev–Trinajstić information content (AvgIpc) is 2.16. The van der Waals surface area contributed by atoms with E-state index in [1.54, 1.807) is 25.1 Å². The average molecular weight is 168 g/mol. The molecule has 0 atom stereocenters. The van der Waals surface area contributed by atoms with E-state index >= 15 is 0 Å². The second-order valence-electron chi connectivity index (χ2n) is 2.73. The minimum atomic E-state index is 0.506. The number of nitriles is 2. The summed E-state index contributed by atoms with van der Waals surface area (Å²) in [6.07, 6.45) is 0. The number of nitrogens with zero attached hydrogens (tertiary/aromatic N) is 2. The van der Waals surface area contributed by atoms with Crippen LogP contribution in [0.4, 0.5) is 0 Å². The van der Waals surface area contributed by atoms with E-state index in [0.29, 0.717) is 16.7 Å². The Kier molecular flexibility index (Phi) is 2.47. The lowest BCUT2D eigenvalue weighted by Crippen LogP contribution is -1.90. The molecule has 1 aromatic rings. The van der Waals surface area contributed by atoms with Crippen LogP contribution in [0.25, 0.3) is 5.57 Å². The van der Waals surface area contributed by atoms with Gasteiger partial charge in [0.2, 0.25) is 0 Å². The van der Waals surface area contributed by atoms with Gasteiger partial charge >= 0.3 is 0 Å². The molecule has 2 heteroatoms. The molecule has 0 aliphatic carbocycles. The van der Waals surface area contributed by atoms with Crippen molar-refractivity contribution in [1.82, 2.24) is 0 Å². The zero-order valence-electron chi connectivity index (χ0n) is 7.33. The molecule has 13 heavy (non-hydrogen) atoms. The summed E-state index contributed by atoms with van der Waals surface area (Å²) in [6.45, 7) is 5.53. The van der Waals surface area contributed by atoms with Gasteiger partial charge < -0.3 is 0 Å². The van der Waals surface area contributed by atoms with Crippen LogP contribution in [0.2, 0.25) is 0 Å². The maximum absolute atomic E-state index is 8.79. The van der Waals surface area contributed by atoms with Gasteiger partial charge in [0.1, 0.15) is 0 Å². The maximum Gasteiger partial charge on any atom is 0.0998 e. The quantitative estimate of drug-likeness (QED) is 0.646. The lowest BCUT2D eigenvalue weighted by atomic mass is 9.97. The van der Waals surface area contributed by atoms with E-state index in [1.807, 2.05) is 12.1 Å². The lowest BCUT2D eigenvalue weighted by molar-refractivity contribution is 1.41. The number of hydrogen-bond acceptors (Lipinski definition) is 2. The smallest absolute Gasteiger partial charge is 0.0998 e. The molecule has 0 bridgehead atoms. The van der Waals surface area contributed by atoms with Gasteiger partial charge in [0, 0.05) is 5.56 Å². The van der Waals surface area contributed by atoms with Crippen LogP contribution in [0.15, 0.2) is 24.8 Å². The third-order valence-electron chi connectivity index (χ3n) is 1.73. The van der Waals surface area contributed by atoms with Crippen LogP contribution in [0.5, 0.6) is 0 Å². The molecule has 0 aliphatic rings. The molecule has 0 saturated carbocycles. The Morgan fingerprint density at radius 2 is 1.69 bits per heavy atom. The van der Waals surface area contributed by atoms with Crippen molar-refractivity contribution in [2.24, 2.45) is 0 Å². The molecule has 0 aromatic heterocycles. The Balaban J connectivity index is 3.52. The first-order valence-electron chi connectivity index (χ1n) is 3.79. The zero-order chi connectivity index (χ0) is 9.84. The first-order valence-corrected chi connectivity index (χ1v) is 3.79. The van der Waals surface area contributed by atoms with Gasteiger partial charge in [-0.25, -0.2) is 0 Å². The molecule has 1 aromatic carbocycles. The summed E-state index contributed by atoms with van der Waals surface area (Å²) in [5.74, 6) is 0. The van der Waals surface area contributed by atoms with Crippen LogP contribution < -0.4 is 0 Å². The van der Waals surface area contributed by atoms with Crippen LogP contribution in [-0.2, 0) is 0 Å². The van der Waals surface area contributed by atoms with Gasteiger partial charge in [-0.15, -0.1) is 0 Å². The Morgan fingerprint density at radius 1 is 1.23 bits per heavy atom. The van der Waals surface area contributed by atoms with Gasteiger partial charge in [-0.1, -0.05) is 12.6 Å². The van der Waals surface area contributed by atoms with Gasteiger partial charge in [0.05, 0.1) is 23.3 Å². The van der Waals surface area contributed by atoms with Gasteiger partial charge in [-0.3, -0.25) is 0 Å². The number of benzene rings is 1. The predicted molar refractivity (Wildman–Crippen MR) is 50.6 cm³/mol. The van der Waals surface area contributed by atoms with Crippen molar-refractivity contribution in [3.63, 3.8) is 0 Å². The SMILES string of the molecule is C=C(C)c1c(C#N)cccc1C#N. The summed E-state index contributed by atoms with van der Waals surface area (Å²) in [7, 11) is 0. The van der Waals surface area contributed by atoms with E-state index in [2.05, 4.69) is 6.58 Å². The molecule has 1 rings (SSSR count). The highest BCUT2D eigenvalue weighted by Gasteiger charge is 2.07. The van der Waals surface area contributed by atoms with Crippen LogP contribution >= 0.6 is 0 Å². The van der Waals surface area contributed by atoms with E-state index in [1.165, 1.54) is 0 Å². The summed E-state index contributed by atoms with van der Waals surface area (Å²) in [6, 6.07) is 9.15. The van der Waals surface area contributed by atoms with Crippen LogP contribution in [0.1, 0.15) is 23.6 Å². The Morgan fingerprint density at radius 3 is 2.00 bits per heavy atom. The molecule has 0 saturated heterocycles. The molecule has 0 fully saturated rings. The first kappa shape index (κ1) is 9.03. The van der Waals surface area contributed by atoms with Crippen molar-refractivity contribution in [1.29, 1.82) is 10.5 Å². The van der Waals surface area contributed by atoms with Gasteiger partial charge in [-0.05, 0) is 24.6 Å². The highest BCUT2D eigenvalue weighted by atomic mass is 14.3. The van der Waals surface area contributed by atoms with Crippen LogP contribution in [0, 0.1) is 22.7 Å². The molecule has 0 heterocycles. The molecule has 0 radical (unpaired) electrons. The summed E-state index contributed by atoms with van der Waals surface area (Å²) in [5.41, 5.74) is 2.42. The van der Waals surface area contributed by atoms with Crippen molar-refractivity contribution in [3.05, 3.63) is 41.5 Å². The number of allylic oxidation sites excluding steroid dienone is 1. The normalized spacial score (nSPS) is 8.54. The zero-order valence-corrected chi connectivity index (χ0v) is 7.33. The summed E-state index contributed by atoms with van der Waals surface area (Å²) < 4.78 is 0. The second-order valence-corrected chi connectivity index (χ2v) is 2.73.